The van der Waals surface area contributed by atoms with Crippen LogP contribution in [0.1, 0.15) is 126 Å². The van der Waals surface area contributed by atoms with Crippen molar-refractivity contribution in [2.45, 2.75) is 140 Å². The largest absolute Gasteiger partial charge is 0.472 e. The van der Waals surface area contributed by atoms with Crippen molar-refractivity contribution in [3.8, 4) is 6.07 Å². The highest BCUT2D eigenvalue weighted by atomic mass is 31.2. The lowest BCUT2D eigenvalue weighted by Gasteiger charge is -2.24. The molecule has 3 heterocycles. The number of unbranched alkanes of at least 4 members (excludes halogenated alkanes) is 15. The number of nitrogens with zero attached hydrogens (tertiary/aromatic N) is 4. The number of rotatable bonds is 28. The number of esters is 1. The third-order valence-electron chi connectivity index (χ3n) is 10.0. The first-order valence-corrected chi connectivity index (χ1v) is 21.6. The number of nitrogen functional groups attached to an aromatic ring is 1. The number of ether oxygens (including phenoxy) is 3. The molecule has 15 nitrogen and oxygen atoms in total. The maximum Gasteiger partial charge on any atom is 0.472 e. The van der Waals surface area contributed by atoms with E-state index in [0.29, 0.717) is 12.1 Å². The maximum atomic E-state index is 13.0. The van der Waals surface area contributed by atoms with Gasteiger partial charge >= 0.3 is 13.8 Å². The van der Waals surface area contributed by atoms with Gasteiger partial charge in [-0.05, 0) is 30.7 Å². The Bertz CT molecular complexity index is 1690. The third kappa shape index (κ3) is 13.6. The van der Waals surface area contributed by atoms with Gasteiger partial charge in [0.15, 0.2) is 5.82 Å². The highest BCUT2D eigenvalue weighted by molar-refractivity contribution is 7.47. The van der Waals surface area contributed by atoms with Gasteiger partial charge in [0.25, 0.3) is 0 Å². The molecular weight excluding hydrogens is 741 g/mol. The molecule has 0 bridgehead atoms. The van der Waals surface area contributed by atoms with Gasteiger partial charge in [0.2, 0.25) is 5.60 Å². The number of aliphatic hydroxyl groups is 2. The SMILES string of the molecule is CCCCCCCCCCCCCCCCCCOC[C@H](COP(=O)(O)OC[C@H]1O[C@@](C#N)(c2ccc3c(N)ncnn23)[C@H](O)[C@@H]1O)OC(=O)c1ccccc1. The minimum atomic E-state index is -4.84. The average Bonchev–Trinajstić information content (AvgIpc) is 3.75. The Balaban J connectivity index is 1.18. The first-order chi connectivity index (χ1) is 27.1. The molecule has 1 fully saturated rings. The number of carbonyl (C=O) groups excluding carboxylic acids is 1. The highest BCUT2D eigenvalue weighted by Gasteiger charge is 2.58. The molecule has 0 amide bonds. The molecule has 310 valence electrons. The number of hydrogen-bond donors (Lipinski definition) is 4. The number of hydrogen-bond acceptors (Lipinski definition) is 13. The average molecular weight is 802 g/mol. The number of aromatic nitrogens is 3. The number of phosphoric ester groups is 1. The van der Waals surface area contributed by atoms with Crippen molar-refractivity contribution in [2.24, 2.45) is 0 Å². The van der Waals surface area contributed by atoms with Crippen LogP contribution in [-0.2, 0) is 33.4 Å². The number of benzene rings is 1. The van der Waals surface area contributed by atoms with Crippen molar-refractivity contribution in [3.63, 3.8) is 0 Å². The van der Waals surface area contributed by atoms with Gasteiger partial charge in [0, 0.05) is 6.61 Å². The van der Waals surface area contributed by atoms with Crippen LogP contribution in [0.3, 0.4) is 0 Å². The molecule has 6 atom stereocenters. The first kappa shape index (κ1) is 45.3. The number of fused-ring (bicyclic) bond motifs is 1. The molecule has 5 N–H and O–H groups in total. The molecule has 1 unspecified atom stereocenters. The molecule has 1 aromatic carbocycles. The summed E-state index contributed by atoms with van der Waals surface area (Å²) in [6.07, 6.45) is 15.3. The highest BCUT2D eigenvalue weighted by Crippen LogP contribution is 2.46. The molecule has 1 aliphatic rings. The van der Waals surface area contributed by atoms with E-state index in [2.05, 4.69) is 17.0 Å². The standard InChI is InChI=1S/C40H60N5O10P/c1-2-3-4-5-6-7-8-9-10-11-12-13-14-15-16-20-25-51-26-32(54-39(48)31-21-18-17-19-22-31)27-52-56(49,50)53-28-34-36(46)37(47)40(29-41,55-34)35-24-23-33-38(42)43-30-44-45(33)35/h17-19,21-24,30,32,34,36-37,46-47H,2-16,20,25-28H2,1H3,(H,49,50)(H2,42,43,44)/t32-,34-,36-,37-,40+/m1/s1. The van der Waals surface area contributed by atoms with E-state index >= 15 is 0 Å². The van der Waals surface area contributed by atoms with E-state index in [9.17, 15) is 29.7 Å². The first-order valence-electron chi connectivity index (χ1n) is 20.1. The van der Waals surface area contributed by atoms with Crippen LogP contribution in [0.2, 0.25) is 0 Å². The quantitative estimate of drug-likeness (QED) is 0.0338. The van der Waals surface area contributed by atoms with Crippen molar-refractivity contribution in [3.05, 3.63) is 60.0 Å². The molecule has 16 heteroatoms. The Morgan fingerprint density at radius 3 is 2.14 bits per heavy atom. The van der Waals surface area contributed by atoms with E-state index in [1.54, 1.807) is 30.3 Å². The van der Waals surface area contributed by atoms with Gasteiger partial charge < -0.3 is 35.1 Å². The molecular formula is C40H60N5O10P. The molecule has 0 saturated carbocycles. The second-order valence-corrected chi connectivity index (χ2v) is 15.9. The number of aliphatic hydroxyl groups excluding tert-OH is 2. The van der Waals surface area contributed by atoms with E-state index in [4.69, 9.17) is 29.0 Å². The van der Waals surface area contributed by atoms with Crippen LogP contribution in [0.5, 0.6) is 0 Å². The maximum absolute atomic E-state index is 13.0. The van der Waals surface area contributed by atoms with E-state index in [1.807, 2.05) is 6.07 Å². The minimum absolute atomic E-state index is 0.0595. The summed E-state index contributed by atoms with van der Waals surface area (Å²) in [4.78, 5) is 27.2. The number of carbonyl (C=O) groups is 1. The van der Waals surface area contributed by atoms with Crippen LogP contribution in [0.4, 0.5) is 5.82 Å². The smallest absolute Gasteiger partial charge is 0.454 e. The Morgan fingerprint density at radius 1 is 0.929 bits per heavy atom. The second-order valence-electron chi connectivity index (χ2n) is 14.4. The molecule has 1 aliphatic heterocycles. The Morgan fingerprint density at radius 2 is 1.54 bits per heavy atom. The van der Waals surface area contributed by atoms with Crippen LogP contribution in [0, 0.1) is 11.3 Å². The van der Waals surface area contributed by atoms with Crippen LogP contribution >= 0.6 is 7.82 Å². The topological polar surface area (TPSA) is 221 Å². The van der Waals surface area contributed by atoms with Crippen molar-refractivity contribution in [1.82, 2.24) is 14.6 Å². The number of nitriles is 1. The zero-order chi connectivity index (χ0) is 40.2. The van der Waals surface area contributed by atoms with E-state index in [0.717, 1.165) is 25.6 Å². The van der Waals surface area contributed by atoms with Gasteiger partial charge in [-0.3, -0.25) is 9.05 Å². The summed E-state index contributed by atoms with van der Waals surface area (Å²) >= 11 is 0. The van der Waals surface area contributed by atoms with Crippen LogP contribution in [0.25, 0.3) is 5.52 Å². The molecule has 3 aromatic rings. The lowest BCUT2D eigenvalue weighted by molar-refractivity contribution is -0.0659. The van der Waals surface area contributed by atoms with Crippen molar-refractivity contribution >= 4 is 25.1 Å². The van der Waals surface area contributed by atoms with Crippen molar-refractivity contribution in [2.75, 3.05) is 32.2 Å². The molecule has 0 aliphatic carbocycles. The van der Waals surface area contributed by atoms with Gasteiger partial charge in [-0.2, -0.15) is 10.4 Å². The van der Waals surface area contributed by atoms with E-state index < -0.39 is 57.0 Å². The van der Waals surface area contributed by atoms with E-state index in [-0.39, 0.29) is 23.7 Å². The van der Waals surface area contributed by atoms with Crippen LogP contribution < -0.4 is 5.73 Å². The minimum Gasteiger partial charge on any atom is -0.454 e. The van der Waals surface area contributed by atoms with Gasteiger partial charge in [0.05, 0.1) is 31.1 Å². The summed E-state index contributed by atoms with van der Waals surface area (Å²) in [6, 6.07) is 13.2. The third-order valence-corrected chi connectivity index (χ3v) is 11.0. The summed E-state index contributed by atoms with van der Waals surface area (Å²) in [5, 5.41) is 35.9. The molecule has 0 radical (unpaired) electrons. The van der Waals surface area contributed by atoms with Gasteiger partial charge in [-0.1, -0.05) is 121 Å². The van der Waals surface area contributed by atoms with Crippen LogP contribution in [0.15, 0.2) is 48.8 Å². The van der Waals surface area contributed by atoms with Gasteiger partial charge in [-0.25, -0.2) is 18.9 Å². The summed E-state index contributed by atoms with van der Waals surface area (Å²) in [6.45, 7) is 1.31. The van der Waals surface area contributed by atoms with E-state index in [1.165, 1.54) is 100 Å². The van der Waals surface area contributed by atoms with Gasteiger partial charge in [-0.15, -0.1) is 0 Å². The number of phosphoric acid groups is 1. The zero-order valence-electron chi connectivity index (χ0n) is 32.6. The molecule has 4 rings (SSSR count). The summed E-state index contributed by atoms with van der Waals surface area (Å²) in [7, 11) is -4.84. The number of anilines is 1. The Hall–Kier alpha value is -3.45. The molecule has 2 aromatic heterocycles. The summed E-state index contributed by atoms with van der Waals surface area (Å²) in [5.41, 5.74) is 4.46. The summed E-state index contributed by atoms with van der Waals surface area (Å²) in [5.74, 6) is -0.544. The second kappa shape index (κ2) is 23.7. The molecule has 56 heavy (non-hydrogen) atoms. The number of nitrogens with two attached hydrogens (primary N) is 1. The Kier molecular flexibility index (Phi) is 19.2. The zero-order valence-corrected chi connectivity index (χ0v) is 33.5. The van der Waals surface area contributed by atoms with Crippen LogP contribution in [-0.4, -0.2) is 86.5 Å². The predicted octanol–water partition coefficient (Wildman–Crippen LogP) is 6.79. The lowest BCUT2D eigenvalue weighted by atomic mass is 9.92. The predicted molar refractivity (Wildman–Crippen MR) is 209 cm³/mol. The fraction of sp³-hybridized carbons (Fsp3) is 0.650. The monoisotopic (exact) mass is 801 g/mol. The van der Waals surface area contributed by atoms with Gasteiger partial charge in [0.1, 0.15) is 42.3 Å². The lowest BCUT2D eigenvalue weighted by Crippen LogP contribution is -2.41. The summed E-state index contributed by atoms with van der Waals surface area (Å²) < 4.78 is 41.7. The van der Waals surface area contributed by atoms with Crippen molar-refractivity contribution in [1.29, 1.82) is 5.26 Å². The van der Waals surface area contributed by atoms with Crippen molar-refractivity contribution < 1.29 is 47.7 Å². The fourth-order valence-electron chi connectivity index (χ4n) is 6.81. The fourth-order valence-corrected chi connectivity index (χ4v) is 7.57. The Labute approximate surface area is 330 Å². The molecule has 0 spiro atoms. The molecule has 1 saturated heterocycles. The normalized spacial score (nSPS) is 21.2.